The van der Waals surface area contributed by atoms with Crippen LogP contribution < -0.4 is 5.32 Å². The highest BCUT2D eigenvalue weighted by Gasteiger charge is 2.46. The van der Waals surface area contributed by atoms with Gasteiger partial charge in [-0.05, 0) is 52.5 Å². The fourth-order valence-electron chi connectivity index (χ4n) is 2.86. The van der Waals surface area contributed by atoms with Crippen LogP contribution in [0.2, 0.25) is 0 Å². The van der Waals surface area contributed by atoms with Crippen molar-refractivity contribution in [1.82, 2.24) is 0 Å². The highest BCUT2D eigenvalue weighted by atomic mass is 79.9. The molecule has 2 nitrogen and oxygen atoms in total. The Bertz CT molecular complexity index is 688. The van der Waals surface area contributed by atoms with E-state index in [-0.39, 0.29) is 11.9 Å². The maximum absolute atomic E-state index is 13.1. The zero-order chi connectivity index (χ0) is 14.9. The molecule has 21 heavy (non-hydrogen) atoms. The monoisotopic (exact) mass is 344 g/mol. The van der Waals surface area contributed by atoms with Crippen LogP contribution in [0.5, 0.6) is 0 Å². The molecule has 0 radical (unpaired) electrons. The van der Waals surface area contributed by atoms with Crippen LogP contribution in [0.25, 0.3) is 0 Å². The number of hydrogen-bond acceptors (Lipinski definition) is 2. The van der Waals surface area contributed by atoms with Crippen molar-refractivity contribution >= 4 is 21.6 Å². The first kappa shape index (κ1) is 14.1. The summed E-state index contributed by atoms with van der Waals surface area (Å²) in [7, 11) is 0. The van der Waals surface area contributed by atoms with Gasteiger partial charge in [0.25, 0.3) is 0 Å². The number of hydrogen-bond donors (Lipinski definition) is 1. The predicted octanol–water partition coefficient (Wildman–Crippen LogP) is 4.62. The Hall–Kier alpha value is -1.86. The standard InChI is InChI=1S/C17H14BrFN2/c18-15-8-13(19)6-7-16(15)21-14-9-17(10-14,11-20)12-4-2-1-3-5-12/h1-8,14,21H,9-10H2. The summed E-state index contributed by atoms with van der Waals surface area (Å²) in [4.78, 5) is 0. The van der Waals surface area contributed by atoms with E-state index in [9.17, 15) is 9.65 Å². The number of anilines is 1. The van der Waals surface area contributed by atoms with Crippen LogP contribution in [0.1, 0.15) is 18.4 Å². The molecule has 0 heterocycles. The molecule has 0 atom stereocenters. The molecule has 0 amide bonds. The third-order valence-corrected chi connectivity index (χ3v) is 4.68. The van der Waals surface area contributed by atoms with Crippen molar-refractivity contribution < 1.29 is 4.39 Å². The Kier molecular flexibility index (Phi) is 3.69. The number of benzene rings is 2. The summed E-state index contributed by atoms with van der Waals surface area (Å²) in [5, 5.41) is 12.9. The number of nitrogens with one attached hydrogen (secondary N) is 1. The number of rotatable bonds is 3. The molecule has 1 N–H and O–H groups in total. The second kappa shape index (κ2) is 5.50. The van der Waals surface area contributed by atoms with E-state index in [4.69, 9.17) is 0 Å². The average Bonchev–Trinajstić information content (AvgIpc) is 2.45. The molecule has 0 bridgehead atoms. The Labute approximate surface area is 131 Å². The Morgan fingerprint density at radius 1 is 1.19 bits per heavy atom. The molecule has 106 valence electrons. The zero-order valence-corrected chi connectivity index (χ0v) is 12.9. The van der Waals surface area contributed by atoms with Gasteiger partial charge in [0.15, 0.2) is 0 Å². The van der Waals surface area contributed by atoms with Gasteiger partial charge in [0, 0.05) is 16.2 Å². The molecule has 4 heteroatoms. The average molecular weight is 345 g/mol. The number of halogens is 2. The van der Waals surface area contributed by atoms with Crippen molar-refractivity contribution in [3.8, 4) is 6.07 Å². The fourth-order valence-corrected chi connectivity index (χ4v) is 3.32. The van der Waals surface area contributed by atoms with Gasteiger partial charge in [0.2, 0.25) is 0 Å². The van der Waals surface area contributed by atoms with Crippen LogP contribution in [0.3, 0.4) is 0 Å². The van der Waals surface area contributed by atoms with Crippen LogP contribution in [-0.4, -0.2) is 6.04 Å². The van der Waals surface area contributed by atoms with Crippen molar-refractivity contribution in [1.29, 1.82) is 5.26 Å². The normalized spacial score (nSPS) is 24.0. The third kappa shape index (κ3) is 2.66. The second-order valence-electron chi connectivity index (χ2n) is 5.43. The number of nitrogens with zero attached hydrogens (tertiary/aromatic N) is 1. The molecule has 0 saturated heterocycles. The largest absolute Gasteiger partial charge is 0.381 e. The Balaban J connectivity index is 1.71. The minimum atomic E-state index is -0.397. The van der Waals surface area contributed by atoms with E-state index in [1.54, 1.807) is 6.07 Å². The molecule has 0 unspecified atom stereocenters. The zero-order valence-electron chi connectivity index (χ0n) is 11.3. The summed E-state index contributed by atoms with van der Waals surface area (Å²) in [5.41, 5.74) is 1.54. The SMILES string of the molecule is N#CC1(c2ccccc2)CC(Nc2ccc(F)cc2Br)C1. The summed E-state index contributed by atoms with van der Waals surface area (Å²) in [6.07, 6.45) is 1.52. The highest BCUT2D eigenvalue weighted by molar-refractivity contribution is 9.10. The molecule has 1 saturated carbocycles. The molecule has 2 aromatic carbocycles. The van der Waals surface area contributed by atoms with E-state index in [1.807, 2.05) is 30.3 Å². The Morgan fingerprint density at radius 3 is 2.52 bits per heavy atom. The lowest BCUT2D eigenvalue weighted by atomic mass is 9.62. The van der Waals surface area contributed by atoms with E-state index in [0.717, 1.165) is 24.1 Å². The molecule has 3 rings (SSSR count). The molecule has 1 aliphatic rings. The molecule has 0 aliphatic heterocycles. The van der Waals surface area contributed by atoms with Gasteiger partial charge in [-0.2, -0.15) is 5.26 Å². The quantitative estimate of drug-likeness (QED) is 0.881. The lowest BCUT2D eigenvalue weighted by Crippen LogP contribution is -2.47. The van der Waals surface area contributed by atoms with Crippen LogP contribution in [-0.2, 0) is 5.41 Å². The summed E-state index contributed by atoms with van der Waals surface area (Å²) < 4.78 is 13.8. The molecule has 0 aromatic heterocycles. The van der Waals surface area contributed by atoms with Gasteiger partial charge in [-0.1, -0.05) is 30.3 Å². The van der Waals surface area contributed by atoms with Gasteiger partial charge in [-0.15, -0.1) is 0 Å². The molecule has 1 fully saturated rings. The van der Waals surface area contributed by atoms with Crippen molar-refractivity contribution in [2.45, 2.75) is 24.3 Å². The third-order valence-electron chi connectivity index (χ3n) is 4.02. The van der Waals surface area contributed by atoms with Crippen molar-refractivity contribution in [2.24, 2.45) is 0 Å². The van der Waals surface area contributed by atoms with Crippen LogP contribution >= 0.6 is 15.9 Å². The number of nitriles is 1. The van der Waals surface area contributed by atoms with Gasteiger partial charge in [0.1, 0.15) is 5.82 Å². The minimum absolute atomic E-state index is 0.228. The highest BCUT2D eigenvalue weighted by Crippen LogP contribution is 2.45. The van der Waals surface area contributed by atoms with Gasteiger partial charge in [-0.25, -0.2) is 4.39 Å². The van der Waals surface area contributed by atoms with Gasteiger partial charge >= 0.3 is 0 Å². The van der Waals surface area contributed by atoms with E-state index in [2.05, 4.69) is 27.3 Å². The minimum Gasteiger partial charge on any atom is -0.381 e. The smallest absolute Gasteiger partial charge is 0.124 e. The summed E-state index contributed by atoms with van der Waals surface area (Å²) >= 11 is 3.35. The lowest BCUT2D eigenvalue weighted by molar-refractivity contribution is 0.289. The summed E-state index contributed by atoms with van der Waals surface area (Å²) in [5.74, 6) is -0.267. The topological polar surface area (TPSA) is 35.8 Å². The maximum Gasteiger partial charge on any atom is 0.124 e. The van der Waals surface area contributed by atoms with Crippen molar-refractivity contribution in [2.75, 3.05) is 5.32 Å². The first-order valence-corrected chi connectivity index (χ1v) is 7.61. The molecular weight excluding hydrogens is 331 g/mol. The predicted molar refractivity (Wildman–Crippen MR) is 84.5 cm³/mol. The molecule has 1 aliphatic carbocycles. The van der Waals surface area contributed by atoms with Crippen molar-refractivity contribution in [3.63, 3.8) is 0 Å². The van der Waals surface area contributed by atoms with Gasteiger partial charge in [0.05, 0.1) is 11.5 Å². The van der Waals surface area contributed by atoms with Gasteiger partial charge in [-0.3, -0.25) is 0 Å². The molecule has 2 aromatic rings. The summed E-state index contributed by atoms with van der Waals surface area (Å²) in [6.45, 7) is 0. The van der Waals surface area contributed by atoms with Crippen LogP contribution in [0.15, 0.2) is 53.0 Å². The van der Waals surface area contributed by atoms with E-state index in [1.165, 1.54) is 12.1 Å². The second-order valence-corrected chi connectivity index (χ2v) is 6.29. The molecular formula is C17H14BrFN2. The van der Waals surface area contributed by atoms with E-state index in [0.29, 0.717) is 4.47 Å². The van der Waals surface area contributed by atoms with E-state index < -0.39 is 5.41 Å². The summed E-state index contributed by atoms with van der Waals surface area (Å²) in [6, 6.07) is 17.2. The fraction of sp³-hybridized carbons (Fsp3) is 0.235. The first-order valence-electron chi connectivity index (χ1n) is 6.81. The lowest BCUT2D eigenvalue weighted by Gasteiger charge is -2.43. The van der Waals surface area contributed by atoms with Crippen molar-refractivity contribution in [3.05, 3.63) is 64.4 Å². The van der Waals surface area contributed by atoms with E-state index >= 15 is 0 Å². The molecule has 0 spiro atoms. The van der Waals surface area contributed by atoms with Crippen LogP contribution in [0, 0.1) is 17.1 Å². The van der Waals surface area contributed by atoms with Gasteiger partial charge < -0.3 is 5.32 Å². The maximum atomic E-state index is 13.1. The first-order chi connectivity index (χ1) is 10.1. The Morgan fingerprint density at radius 2 is 1.90 bits per heavy atom. The van der Waals surface area contributed by atoms with Crippen LogP contribution in [0.4, 0.5) is 10.1 Å².